The van der Waals surface area contributed by atoms with Gasteiger partial charge in [-0.3, -0.25) is 0 Å². The van der Waals surface area contributed by atoms with Crippen molar-refractivity contribution in [1.29, 1.82) is 0 Å². The first kappa shape index (κ1) is 10.7. The molecule has 0 amide bonds. The predicted octanol–water partition coefficient (Wildman–Crippen LogP) is 1.79. The molecule has 0 radical (unpaired) electrons. The molecule has 0 saturated carbocycles. The first-order valence-corrected chi connectivity index (χ1v) is 12.5. The maximum atomic E-state index is 10.9. The molecule has 2 nitrogen and oxygen atoms in total. The van der Waals surface area contributed by atoms with E-state index < -0.39 is 15.2 Å². The molecule has 0 heterocycles. The van der Waals surface area contributed by atoms with Crippen LogP contribution in [0.4, 0.5) is 0 Å². The van der Waals surface area contributed by atoms with Gasteiger partial charge in [-0.25, -0.2) is 0 Å². The second-order valence-electron chi connectivity index (χ2n) is 1.92. The number of carbonyl (C=O) groups excluding carboxylic acids is 1. The van der Waals surface area contributed by atoms with Crippen LogP contribution in [-0.2, 0) is 24.7 Å². The summed E-state index contributed by atoms with van der Waals surface area (Å²) in [6, 6.07) is 0. The quantitative estimate of drug-likeness (QED) is 0.538. The number of hydrogen-bond donors (Lipinski definition) is 0. The van der Waals surface area contributed by atoms with E-state index in [2.05, 4.69) is 13.6 Å². The molecule has 0 fully saturated rings. The number of hydrogen-bond acceptors (Lipinski definition) is 2. The zero-order valence-corrected chi connectivity index (χ0v) is 10.8. The fourth-order valence-electron chi connectivity index (χ4n) is 0.561. The van der Waals surface area contributed by atoms with E-state index in [4.69, 9.17) is 4.74 Å². The van der Waals surface area contributed by atoms with Crippen molar-refractivity contribution in [3.8, 4) is 0 Å². The molecule has 0 aliphatic heterocycles. The Labute approximate surface area is 75.7 Å². The molecule has 0 bridgehead atoms. The van der Waals surface area contributed by atoms with Gasteiger partial charge in [0.05, 0.1) is 0 Å². The maximum absolute atomic E-state index is 10.9. The van der Waals surface area contributed by atoms with Gasteiger partial charge in [0.25, 0.3) is 0 Å². The molecule has 10 heavy (non-hydrogen) atoms. The molecule has 0 aliphatic carbocycles. The van der Waals surface area contributed by atoms with Gasteiger partial charge in [-0.15, -0.1) is 0 Å². The fourth-order valence-corrected chi connectivity index (χ4v) is 3.83. The van der Waals surface area contributed by atoms with Crippen LogP contribution in [0, 0.1) is 0 Å². The molecule has 4 heteroatoms. The van der Waals surface area contributed by atoms with Gasteiger partial charge in [-0.05, 0) is 0 Å². The summed E-state index contributed by atoms with van der Waals surface area (Å²) in [7, 11) is 0. The number of carbonyl (C=O) groups is 1. The molecule has 0 spiro atoms. The molecule has 0 aliphatic rings. The van der Waals surface area contributed by atoms with Crippen LogP contribution in [0.5, 0.6) is 0 Å². The number of Topliss-reactive ketones (excluding diaryl/α,β-unsaturated/α-hetero) is 1. The normalized spacial score (nSPS) is 9.00. The Kier molecular flexibility index (Phi) is 8.41. The summed E-state index contributed by atoms with van der Waals surface area (Å²) >= 11 is 2.77. The van der Waals surface area contributed by atoms with E-state index in [1.165, 1.54) is 0 Å². The van der Waals surface area contributed by atoms with Crippen LogP contribution in [0.25, 0.3) is 0 Å². The second-order valence-corrected chi connectivity index (χ2v) is 7.89. The molecule has 56 valence electrons. The van der Waals surface area contributed by atoms with Gasteiger partial charge in [0, 0.05) is 0 Å². The van der Waals surface area contributed by atoms with Crippen molar-refractivity contribution >= 4 is 19.4 Å². The van der Waals surface area contributed by atoms with E-state index in [0.29, 0.717) is 25.4 Å². The third-order valence-electron chi connectivity index (χ3n) is 1.10. The first-order chi connectivity index (χ1) is 4.81. The van der Waals surface area contributed by atoms with E-state index in [-0.39, 0.29) is 0 Å². The Balaban J connectivity index is 3.05. The molecular formula is C6H11BrO2Zn. The van der Waals surface area contributed by atoms with Crippen LogP contribution in [0.15, 0.2) is 0 Å². The van der Waals surface area contributed by atoms with Crippen LogP contribution < -0.4 is 0 Å². The van der Waals surface area contributed by atoms with E-state index in [1.54, 1.807) is 0 Å². The van der Waals surface area contributed by atoms with Crippen LogP contribution in [0.1, 0.15) is 13.3 Å². The zero-order valence-electron chi connectivity index (χ0n) is 6.23. The van der Waals surface area contributed by atoms with E-state index >= 15 is 0 Å². The van der Waals surface area contributed by atoms with Crippen LogP contribution in [-0.4, -0.2) is 19.0 Å². The first-order valence-electron chi connectivity index (χ1n) is 3.46. The van der Waals surface area contributed by atoms with Crippen molar-refractivity contribution in [2.75, 3.05) is 13.2 Å². The van der Waals surface area contributed by atoms with Crippen molar-refractivity contribution in [3.63, 3.8) is 0 Å². The minimum absolute atomic E-state index is 0.352. The van der Waals surface area contributed by atoms with Gasteiger partial charge in [-0.1, -0.05) is 0 Å². The molecule has 0 rings (SSSR count). The predicted molar refractivity (Wildman–Crippen MR) is 39.9 cm³/mol. The molecule has 0 unspecified atom stereocenters. The average Bonchev–Trinajstić information content (AvgIpc) is 1.89. The van der Waals surface area contributed by atoms with Gasteiger partial charge < -0.3 is 0 Å². The number of rotatable bonds is 6. The number of ether oxygens (including phenoxy) is 1. The summed E-state index contributed by atoms with van der Waals surface area (Å²) in [6.07, 6.45) is 0.602. The minimum atomic E-state index is -0.618. The van der Waals surface area contributed by atoms with Crippen molar-refractivity contribution < 1.29 is 24.7 Å². The Morgan fingerprint density at radius 3 is 2.90 bits per heavy atom. The number of halogens is 1. The van der Waals surface area contributed by atoms with Crippen molar-refractivity contribution in [3.05, 3.63) is 0 Å². The Morgan fingerprint density at radius 2 is 2.40 bits per heavy atom. The summed E-state index contributed by atoms with van der Waals surface area (Å²) < 4.78 is 5.04. The van der Waals surface area contributed by atoms with Crippen molar-refractivity contribution in [2.24, 2.45) is 0 Å². The molecule has 0 aromatic carbocycles. The average molecular weight is 260 g/mol. The van der Waals surface area contributed by atoms with E-state index in [0.717, 1.165) is 5.02 Å². The summed E-state index contributed by atoms with van der Waals surface area (Å²) in [6.45, 7) is 3.25. The van der Waals surface area contributed by atoms with Gasteiger partial charge in [-0.2, -0.15) is 0 Å². The molecular weight excluding hydrogens is 249 g/mol. The fraction of sp³-hybridized carbons (Fsp3) is 0.833. The molecule has 0 N–H and O–H groups in total. The van der Waals surface area contributed by atoms with Crippen molar-refractivity contribution in [1.82, 2.24) is 0 Å². The van der Waals surface area contributed by atoms with Gasteiger partial charge in [0.2, 0.25) is 0 Å². The Hall–Kier alpha value is 0.733. The standard InChI is InChI=1S/C6H11O2.BrH.Zn/c1-3-8-5-4-6(2)7;;/h2-5H2,1H3;1H;/q;;+1/p-1. The Morgan fingerprint density at radius 1 is 1.70 bits per heavy atom. The SMILES string of the molecule is CCOCCC(=O)[CH2][Zn][Br]. The van der Waals surface area contributed by atoms with E-state index in [9.17, 15) is 4.79 Å². The summed E-state index contributed by atoms with van der Waals surface area (Å²) in [5, 5.41) is 0.806. The molecule has 0 aromatic heterocycles. The molecule has 0 saturated heterocycles. The third kappa shape index (κ3) is 6.85. The molecule has 0 atom stereocenters. The van der Waals surface area contributed by atoms with Gasteiger partial charge >= 0.3 is 75.7 Å². The van der Waals surface area contributed by atoms with Crippen LogP contribution in [0.3, 0.4) is 0 Å². The summed E-state index contributed by atoms with van der Waals surface area (Å²) in [4.78, 5) is 10.9. The van der Waals surface area contributed by atoms with E-state index in [1.807, 2.05) is 6.92 Å². The zero-order chi connectivity index (χ0) is 7.82. The summed E-state index contributed by atoms with van der Waals surface area (Å²) in [5.41, 5.74) is 0. The van der Waals surface area contributed by atoms with Crippen LogP contribution in [0.2, 0.25) is 5.02 Å². The number of ketones is 1. The second kappa shape index (κ2) is 7.84. The topological polar surface area (TPSA) is 26.3 Å². The van der Waals surface area contributed by atoms with Gasteiger partial charge in [0.1, 0.15) is 0 Å². The van der Waals surface area contributed by atoms with Crippen molar-refractivity contribution in [2.45, 2.75) is 18.4 Å². The third-order valence-corrected chi connectivity index (χ3v) is 4.73. The summed E-state index contributed by atoms with van der Waals surface area (Å²) in [5.74, 6) is 0.352. The van der Waals surface area contributed by atoms with Crippen LogP contribution >= 0.6 is 13.6 Å². The molecule has 0 aromatic rings. The monoisotopic (exact) mass is 258 g/mol. The van der Waals surface area contributed by atoms with Gasteiger partial charge in [0.15, 0.2) is 0 Å². The Bertz CT molecular complexity index is 97.7.